The van der Waals surface area contributed by atoms with E-state index in [-0.39, 0.29) is 23.8 Å². The Bertz CT molecular complexity index is 793. The van der Waals surface area contributed by atoms with Gasteiger partial charge < -0.3 is 14.8 Å². The third-order valence-corrected chi connectivity index (χ3v) is 5.72. The van der Waals surface area contributed by atoms with Gasteiger partial charge in [0.15, 0.2) is 5.82 Å². The number of halogens is 1. The second-order valence-electron chi connectivity index (χ2n) is 7.28. The largest absolute Gasteiger partial charge is 0.486 e. The summed E-state index contributed by atoms with van der Waals surface area (Å²) in [5, 5.41) is 11.1. The third-order valence-electron chi connectivity index (χ3n) is 4.62. The monoisotopic (exact) mass is 439 g/mol. The van der Waals surface area contributed by atoms with Crippen molar-refractivity contribution in [3.05, 3.63) is 35.1 Å². The first-order valence-electron chi connectivity index (χ1n) is 9.44. The molecule has 0 radical (unpaired) electrons. The van der Waals surface area contributed by atoms with Gasteiger partial charge in [-0.2, -0.15) is 0 Å². The zero-order valence-electron chi connectivity index (χ0n) is 16.6. The third kappa shape index (κ3) is 6.88. The summed E-state index contributed by atoms with van der Waals surface area (Å²) in [6.45, 7) is 8.35. The van der Waals surface area contributed by atoms with Crippen LogP contribution >= 0.6 is 23.4 Å². The van der Waals surface area contributed by atoms with E-state index in [4.69, 9.17) is 21.1 Å². The molecule has 10 heteroatoms. The summed E-state index contributed by atoms with van der Waals surface area (Å²) < 4.78 is 11.0. The van der Waals surface area contributed by atoms with Crippen molar-refractivity contribution in [1.29, 1.82) is 0 Å². The van der Waals surface area contributed by atoms with Crippen LogP contribution in [0, 0.1) is 0 Å². The van der Waals surface area contributed by atoms with Gasteiger partial charge in [0, 0.05) is 30.2 Å². The molecule has 0 bridgehead atoms. The van der Waals surface area contributed by atoms with Crippen molar-refractivity contribution in [1.82, 2.24) is 25.4 Å². The van der Waals surface area contributed by atoms with E-state index in [0.29, 0.717) is 28.3 Å². The Labute approximate surface area is 179 Å². The number of morpholine rings is 1. The molecule has 0 saturated carbocycles. The number of hydrogen-bond acceptors (Lipinski definition) is 7. The summed E-state index contributed by atoms with van der Waals surface area (Å²) in [4.78, 5) is 18.9. The molecular formula is C19H26ClN5O3S. The lowest BCUT2D eigenvalue weighted by atomic mass is 10.0. The number of ether oxygens (including phenoxy) is 2. The molecule has 1 saturated heterocycles. The number of rotatable bonds is 9. The van der Waals surface area contributed by atoms with Gasteiger partial charge >= 0.3 is 0 Å². The predicted molar refractivity (Wildman–Crippen MR) is 112 cm³/mol. The molecule has 0 aliphatic carbocycles. The number of amides is 1. The topological polar surface area (TPSA) is 92.4 Å². The summed E-state index contributed by atoms with van der Waals surface area (Å²) >= 11 is 7.14. The zero-order valence-corrected chi connectivity index (χ0v) is 18.2. The van der Waals surface area contributed by atoms with Crippen molar-refractivity contribution in [3.63, 3.8) is 0 Å². The maximum absolute atomic E-state index is 12.2. The fourth-order valence-corrected chi connectivity index (χ4v) is 3.64. The van der Waals surface area contributed by atoms with Crippen LogP contribution in [0.3, 0.4) is 0 Å². The van der Waals surface area contributed by atoms with Crippen molar-refractivity contribution in [2.24, 2.45) is 0 Å². The van der Waals surface area contributed by atoms with Crippen LogP contribution in [0.2, 0.25) is 5.02 Å². The second-order valence-corrected chi connectivity index (χ2v) is 8.66. The Morgan fingerprint density at radius 3 is 2.79 bits per heavy atom. The molecule has 3 rings (SSSR count). The van der Waals surface area contributed by atoms with Gasteiger partial charge in [-0.05, 0) is 38.1 Å². The molecule has 1 amide bonds. The maximum Gasteiger partial charge on any atom is 0.230 e. The minimum Gasteiger partial charge on any atom is -0.486 e. The van der Waals surface area contributed by atoms with Crippen molar-refractivity contribution >= 4 is 29.3 Å². The van der Waals surface area contributed by atoms with Crippen LogP contribution in [0.25, 0.3) is 0 Å². The molecule has 2 N–H and O–H groups in total. The van der Waals surface area contributed by atoms with E-state index < -0.39 is 0 Å². The number of nitrogens with zero attached hydrogens (tertiary/aromatic N) is 3. The summed E-state index contributed by atoms with van der Waals surface area (Å²) in [6, 6.07) is 7.10. The lowest BCUT2D eigenvalue weighted by Gasteiger charge is -2.40. The molecule has 1 aliphatic rings. The van der Waals surface area contributed by atoms with Gasteiger partial charge in [0.05, 0.1) is 19.0 Å². The first kappa shape index (κ1) is 21.9. The molecular weight excluding hydrogens is 414 g/mol. The first-order chi connectivity index (χ1) is 13.9. The Morgan fingerprint density at radius 1 is 1.34 bits per heavy atom. The highest BCUT2D eigenvalue weighted by molar-refractivity contribution is 7.99. The molecule has 8 nitrogen and oxygen atoms in total. The molecule has 2 aromatic rings. The molecule has 1 fully saturated rings. The number of aromatic nitrogens is 3. The van der Waals surface area contributed by atoms with Gasteiger partial charge in [-0.25, -0.2) is 4.98 Å². The summed E-state index contributed by atoms with van der Waals surface area (Å²) in [6.07, 6.45) is 0. The minimum absolute atomic E-state index is 0.0416. The van der Waals surface area contributed by atoms with Crippen LogP contribution < -0.4 is 10.1 Å². The molecule has 1 aliphatic heterocycles. The van der Waals surface area contributed by atoms with Crippen molar-refractivity contribution in [2.45, 2.75) is 31.1 Å². The fourth-order valence-electron chi connectivity index (χ4n) is 2.87. The number of H-pyrrole nitrogens is 1. The van der Waals surface area contributed by atoms with Crippen molar-refractivity contribution in [3.8, 4) is 5.75 Å². The van der Waals surface area contributed by atoms with Gasteiger partial charge in [-0.3, -0.25) is 14.8 Å². The average molecular weight is 440 g/mol. The Morgan fingerprint density at radius 2 is 2.07 bits per heavy atom. The summed E-state index contributed by atoms with van der Waals surface area (Å²) in [5.74, 6) is 1.51. The zero-order chi connectivity index (χ0) is 20.7. The Hall–Kier alpha value is -1.81. The molecule has 0 spiro atoms. The number of nitrogens with one attached hydrogen (secondary N) is 2. The molecule has 2 heterocycles. The molecule has 158 valence electrons. The van der Waals surface area contributed by atoms with E-state index in [2.05, 4.69) is 39.2 Å². The van der Waals surface area contributed by atoms with Crippen LogP contribution in [0.5, 0.6) is 5.75 Å². The lowest BCUT2D eigenvalue weighted by molar-refractivity contribution is -0.119. The van der Waals surface area contributed by atoms with Gasteiger partial charge in [-0.15, -0.1) is 5.10 Å². The molecule has 0 unspecified atom stereocenters. The highest BCUT2D eigenvalue weighted by Gasteiger charge is 2.28. The second kappa shape index (κ2) is 10.3. The van der Waals surface area contributed by atoms with Gasteiger partial charge in [0.25, 0.3) is 0 Å². The van der Waals surface area contributed by atoms with E-state index in [1.165, 1.54) is 11.8 Å². The maximum atomic E-state index is 12.2. The van der Waals surface area contributed by atoms with Crippen LogP contribution in [0.1, 0.15) is 19.7 Å². The van der Waals surface area contributed by atoms with Crippen LogP contribution in [-0.4, -0.2) is 70.1 Å². The normalized spacial score (nSPS) is 15.3. The van der Waals surface area contributed by atoms with Crippen molar-refractivity contribution in [2.75, 3.05) is 38.6 Å². The first-order valence-corrected chi connectivity index (χ1v) is 10.8. The van der Waals surface area contributed by atoms with E-state index in [1.807, 2.05) is 0 Å². The number of benzene rings is 1. The van der Waals surface area contributed by atoms with Gasteiger partial charge in [0.2, 0.25) is 11.1 Å². The molecule has 1 aromatic heterocycles. The van der Waals surface area contributed by atoms with Gasteiger partial charge in [0.1, 0.15) is 12.4 Å². The quantitative estimate of drug-likeness (QED) is 0.579. The number of carbonyl (C=O) groups excluding carboxylic acids is 1. The van der Waals surface area contributed by atoms with Gasteiger partial charge in [-0.1, -0.05) is 23.4 Å². The highest BCUT2D eigenvalue weighted by atomic mass is 35.5. The molecule has 0 atom stereocenters. The average Bonchev–Trinajstić information content (AvgIpc) is 3.19. The Balaban J connectivity index is 1.38. The van der Waals surface area contributed by atoms with E-state index >= 15 is 0 Å². The van der Waals surface area contributed by atoms with Crippen LogP contribution in [0.4, 0.5) is 0 Å². The van der Waals surface area contributed by atoms with Crippen molar-refractivity contribution < 1.29 is 14.3 Å². The number of aromatic amines is 1. The number of hydrogen-bond donors (Lipinski definition) is 2. The predicted octanol–water partition coefficient (Wildman–Crippen LogP) is 2.36. The summed E-state index contributed by atoms with van der Waals surface area (Å²) in [7, 11) is 0. The van der Waals surface area contributed by atoms with E-state index in [9.17, 15) is 4.79 Å². The van der Waals surface area contributed by atoms with E-state index in [0.717, 1.165) is 26.3 Å². The summed E-state index contributed by atoms with van der Waals surface area (Å²) in [5.41, 5.74) is -0.110. The number of thioether (sulfide) groups is 1. The molecule has 1 aromatic carbocycles. The molecule has 29 heavy (non-hydrogen) atoms. The number of carbonyl (C=O) groups is 1. The van der Waals surface area contributed by atoms with Crippen LogP contribution in [-0.2, 0) is 16.1 Å². The standard InChI is InChI=1S/C19H26ClN5O3S/c1-19(2,25-7-9-27-10-8-25)13-21-17(26)12-29-18-22-16(23-24-18)11-28-15-5-3-14(20)4-6-15/h3-6H,7-13H2,1-2H3,(H,21,26)(H,22,23,24). The highest BCUT2D eigenvalue weighted by Crippen LogP contribution is 2.18. The Kier molecular flexibility index (Phi) is 7.77. The smallest absolute Gasteiger partial charge is 0.230 e. The lowest BCUT2D eigenvalue weighted by Crippen LogP contribution is -2.55. The van der Waals surface area contributed by atoms with E-state index in [1.54, 1.807) is 24.3 Å². The minimum atomic E-state index is -0.110. The fraction of sp³-hybridized carbons (Fsp3) is 0.526. The van der Waals surface area contributed by atoms with Crippen LogP contribution in [0.15, 0.2) is 29.4 Å². The SMILES string of the molecule is CC(C)(CNC(=O)CSc1n[nH]c(COc2ccc(Cl)cc2)n1)N1CCOCC1.